The van der Waals surface area contributed by atoms with Gasteiger partial charge in [-0.05, 0) is 39.8 Å². The Balaban J connectivity index is 0.00000512. The second-order valence-corrected chi connectivity index (χ2v) is 7.62. The molecule has 176 valence electrons. The first-order valence-electron chi connectivity index (χ1n) is 10.1. The highest BCUT2D eigenvalue weighted by molar-refractivity contribution is 14.0. The van der Waals surface area contributed by atoms with Crippen molar-refractivity contribution in [2.45, 2.75) is 33.7 Å². The fourth-order valence-corrected chi connectivity index (χ4v) is 3.64. The Hall–Kier alpha value is -2.41. The van der Waals surface area contributed by atoms with E-state index in [2.05, 4.69) is 25.9 Å². The Labute approximate surface area is 209 Å². The van der Waals surface area contributed by atoms with Gasteiger partial charge in [0.1, 0.15) is 15.6 Å². The highest BCUT2D eigenvalue weighted by Crippen LogP contribution is 2.24. The number of guanidine groups is 1. The van der Waals surface area contributed by atoms with Gasteiger partial charge in [-0.25, -0.2) is 9.78 Å². The standard InChI is InChI=1S/C21H29N5O4S.HI/c1-5-22-21(24-12-11-23-18(28)15-9-7-8-10-16(15)27)26-14(4)19-25-13(3)17(31-19)20(29)30-6-2;/h7-10,14,27H,5-6,11-12H2,1-4H3,(H,23,28)(H2,22,24,26);1H. The predicted octanol–water partition coefficient (Wildman–Crippen LogP) is 3.00. The highest BCUT2D eigenvalue weighted by Gasteiger charge is 2.20. The number of aryl methyl sites for hydroxylation is 1. The van der Waals surface area contributed by atoms with Gasteiger partial charge in [0, 0.05) is 13.1 Å². The molecule has 1 amide bonds. The summed E-state index contributed by atoms with van der Waals surface area (Å²) in [5, 5.41) is 19.6. The van der Waals surface area contributed by atoms with Crippen LogP contribution in [0.3, 0.4) is 0 Å². The van der Waals surface area contributed by atoms with E-state index in [4.69, 9.17) is 4.74 Å². The number of rotatable bonds is 9. The van der Waals surface area contributed by atoms with Crippen LogP contribution in [-0.4, -0.2) is 54.2 Å². The molecule has 1 unspecified atom stereocenters. The van der Waals surface area contributed by atoms with Crippen molar-refractivity contribution in [3.05, 3.63) is 45.4 Å². The van der Waals surface area contributed by atoms with E-state index in [1.165, 1.54) is 17.4 Å². The first-order chi connectivity index (χ1) is 14.9. The van der Waals surface area contributed by atoms with Crippen LogP contribution in [-0.2, 0) is 4.74 Å². The molecule has 32 heavy (non-hydrogen) atoms. The monoisotopic (exact) mass is 575 g/mol. The lowest BCUT2D eigenvalue weighted by atomic mass is 10.2. The van der Waals surface area contributed by atoms with Crippen molar-refractivity contribution in [1.82, 2.24) is 20.9 Å². The number of amides is 1. The van der Waals surface area contributed by atoms with Crippen LogP contribution in [0.1, 0.15) is 57.5 Å². The number of thiazole rings is 1. The maximum atomic E-state index is 12.1. The Morgan fingerprint density at radius 2 is 1.97 bits per heavy atom. The molecule has 4 N–H and O–H groups in total. The number of para-hydroxylation sites is 1. The van der Waals surface area contributed by atoms with Gasteiger partial charge in [-0.3, -0.25) is 9.79 Å². The van der Waals surface area contributed by atoms with Crippen LogP contribution in [0, 0.1) is 6.92 Å². The summed E-state index contributed by atoms with van der Waals surface area (Å²) >= 11 is 1.30. The third kappa shape index (κ3) is 7.93. The fourth-order valence-electron chi connectivity index (χ4n) is 2.67. The minimum atomic E-state index is -0.364. The molecule has 0 fully saturated rings. The van der Waals surface area contributed by atoms with Crippen molar-refractivity contribution in [3.8, 4) is 5.75 Å². The minimum Gasteiger partial charge on any atom is -0.507 e. The molecule has 0 aliphatic heterocycles. The van der Waals surface area contributed by atoms with E-state index in [9.17, 15) is 14.7 Å². The first-order valence-corrected chi connectivity index (χ1v) is 10.9. The molecule has 1 aromatic heterocycles. The van der Waals surface area contributed by atoms with Gasteiger partial charge in [-0.1, -0.05) is 12.1 Å². The lowest BCUT2D eigenvalue weighted by molar-refractivity contribution is 0.0531. The smallest absolute Gasteiger partial charge is 0.350 e. The van der Waals surface area contributed by atoms with Crippen molar-refractivity contribution in [3.63, 3.8) is 0 Å². The molecule has 0 aliphatic rings. The molecule has 0 radical (unpaired) electrons. The number of ether oxygens (including phenoxy) is 1. The average Bonchev–Trinajstić information content (AvgIpc) is 3.13. The van der Waals surface area contributed by atoms with Crippen LogP contribution >= 0.6 is 35.3 Å². The number of hydrogen-bond acceptors (Lipinski definition) is 7. The number of halogens is 1. The van der Waals surface area contributed by atoms with E-state index in [-0.39, 0.29) is 53.2 Å². The number of aromatic hydroxyl groups is 1. The van der Waals surface area contributed by atoms with Gasteiger partial charge < -0.3 is 25.8 Å². The van der Waals surface area contributed by atoms with Crippen molar-refractivity contribution < 1.29 is 19.4 Å². The first kappa shape index (κ1) is 27.6. The topological polar surface area (TPSA) is 125 Å². The zero-order valence-electron chi connectivity index (χ0n) is 18.6. The number of phenolic OH excluding ortho intramolecular Hbond substituents is 1. The van der Waals surface area contributed by atoms with E-state index in [1.807, 2.05) is 13.8 Å². The molecule has 0 aliphatic carbocycles. The zero-order chi connectivity index (χ0) is 22.8. The van der Waals surface area contributed by atoms with Gasteiger partial charge in [-0.15, -0.1) is 35.3 Å². The third-order valence-electron chi connectivity index (χ3n) is 4.16. The predicted molar refractivity (Wildman–Crippen MR) is 136 cm³/mol. The van der Waals surface area contributed by atoms with Crippen molar-refractivity contribution >= 4 is 53.1 Å². The van der Waals surface area contributed by atoms with E-state index in [0.29, 0.717) is 42.8 Å². The molecular formula is C21H30IN5O4S. The molecule has 1 aromatic carbocycles. The molecule has 1 heterocycles. The second-order valence-electron chi connectivity index (χ2n) is 6.59. The van der Waals surface area contributed by atoms with Crippen molar-refractivity contribution in [2.24, 2.45) is 4.99 Å². The van der Waals surface area contributed by atoms with Crippen molar-refractivity contribution in [1.29, 1.82) is 0 Å². The largest absolute Gasteiger partial charge is 0.507 e. The summed E-state index contributed by atoms with van der Waals surface area (Å²) in [4.78, 5) is 33.6. The van der Waals surface area contributed by atoms with E-state index < -0.39 is 0 Å². The van der Waals surface area contributed by atoms with Gasteiger partial charge in [0.15, 0.2) is 5.96 Å². The summed E-state index contributed by atoms with van der Waals surface area (Å²) in [5.41, 5.74) is 0.864. The fraction of sp³-hybridized carbons (Fsp3) is 0.429. The van der Waals surface area contributed by atoms with Crippen LogP contribution < -0.4 is 16.0 Å². The minimum absolute atomic E-state index is 0. The number of carbonyl (C=O) groups is 2. The van der Waals surface area contributed by atoms with Gasteiger partial charge in [-0.2, -0.15) is 0 Å². The number of esters is 1. The van der Waals surface area contributed by atoms with Gasteiger partial charge in [0.25, 0.3) is 5.91 Å². The molecule has 1 atom stereocenters. The van der Waals surface area contributed by atoms with Gasteiger partial charge in [0.05, 0.1) is 30.5 Å². The Bertz CT molecular complexity index is 935. The van der Waals surface area contributed by atoms with E-state index in [1.54, 1.807) is 32.0 Å². The SMILES string of the molecule is CCNC(=NCCNC(=O)c1ccccc1O)NC(C)c1nc(C)c(C(=O)OCC)s1.I. The summed E-state index contributed by atoms with van der Waals surface area (Å²) in [6.45, 7) is 9.06. The number of nitrogens with zero attached hydrogens (tertiary/aromatic N) is 2. The maximum Gasteiger partial charge on any atom is 0.350 e. The summed E-state index contributed by atoms with van der Waals surface area (Å²) in [5.74, 6) is -0.216. The number of benzene rings is 1. The number of hydrogen-bond donors (Lipinski definition) is 4. The van der Waals surface area contributed by atoms with Crippen LogP contribution in [0.5, 0.6) is 5.75 Å². The summed E-state index contributed by atoms with van der Waals surface area (Å²) in [6.07, 6.45) is 0. The lowest BCUT2D eigenvalue weighted by Gasteiger charge is -2.16. The average molecular weight is 575 g/mol. The Morgan fingerprint density at radius 1 is 1.25 bits per heavy atom. The van der Waals surface area contributed by atoms with Crippen LogP contribution in [0.2, 0.25) is 0 Å². The quantitative estimate of drug-likeness (QED) is 0.119. The molecule has 0 saturated carbocycles. The van der Waals surface area contributed by atoms with Gasteiger partial charge in [0.2, 0.25) is 0 Å². The summed E-state index contributed by atoms with van der Waals surface area (Å²) in [6, 6.07) is 6.19. The molecule has 11 heteroatoms. The highest BCUT2D eigenvalue weighted by atomic mass is 127. The Morgan fingerprint density at radius 3 is 2.62 bits per heavy atom. The number of nitrogens with one attached hydrogen (secondary N) is 3. The van der Waals surface area contributed by atoms with Crippen molar-refractivity contribution in [2.75, 3.05) is 26.2 Å². The molecule has 0 bridgehead atoms. The molecule has 2 rings (SSSR count). The molecular weight excluding hydrogens is 545 g/mol. The molecule has 0 saturated heterocycles. The van der Waals surface area contributed by atoms with Crippen LogP contribution in [0.15, 0.2) is 29.3 Å². The molecule has 2 aromatic rings. The summed E-state index contributed by atoms with van der Waals surface area (Å²) in [7, 11) is 0. The lowest BCUT2D eigenvalue weighted by Crippen LogP contribution is -2.39. The van der Waals surface area contributed by atoms with Crippen LogP contribution in [0.4, 0.5) is 0 Å². The second kappa shape index (κ2) is 13.9. The number of aliphatic imine (C=N–C) groups is 1. The normalized spacial score (nSPS) is 11.8. The summed E-state index contributed by atoms with van der Waals surface area (Å²) < 4.78 is 5.07. The third-order valence-corrected chi connectivity index (χ3v) is 5.48. The van der Waals surface area contributed by atoms with E-state index >= 15 is 0 Å². The number of aromatic nitrogens is 1. The zero-order valence-corrected chi connectivity index (χ0v) is 21.7. The molecule has 9 nitrogen and oxygen atoms in total. The van der Waals surface area contributed by atoms with Crippen LogP contribution in [0.25, 0.3) is 0 Å². The maximum absolute atomic E-state index is 12.1. The number of carbonyl (C=O) groups excluding carboxylic acids is 2. The number of phenols is 1. The Kier molecular flexibility index (Phi) is 12.0. The molecule has 0 spiro atoms. The van der Waals surface area contributed by atoms with Gasteiger partial charge >= 0.3 is 5.97 Å². The van der Waals surface area contributed by atoms with E-state index in [0.717, 1.165) is 5.01 Å².